The highest BCUT2D eigenvalue weighted by Gasteiger charge is 2.48. The maximum atomic E-state index is 17.3. The smallest absolute Gasteiger partial charge is 0.404 e. The zero-order valence-corrected chi connectivity index (χ0v) is 26.7. The monoisotopic (exact) mass is 768 g/mol. The number of fused-ring (bicyclic) bond motifs is 2. The first kappa shape index (κ1) is 38.9. The standard InChI is InChI=1S/C37H6F10N8O/c38-33-29-21(13-54)25(15-1-3-17(7-48)23(5-15)35(39,40)41)27(19(9-50)10-51)31(29)34(56-37(45,46)47)32-28(20(11-52)12-53)26(22(14-55)30(32)33)16-2-4-18(8-49)24(6-16)36(42,43)44/h1-6H. The second kappa shape index (κ2) is 13.6. The Morgan fingerprint density at radius 3 is 1.12 bits per heavy atom. The summed E-state index contributed by atoms with van der Waals surface area (Å²) in [5, 5.41) is 79.0. The van der Waals surface area contributed by atoms with Gasteiger partial charge >= 0.3 is 18.7 Å². The Bertz CT molecular complexity index is 2620. The van der Waals surface area contributed by atoms with Gasteiger partial charge in [0.15, 0.2) is 0 Å². The molecule has 0 saturated heterocycles. The van der Waals surface area contributed by atoms with E-state index in [-0.39, 0.29) is 12.1 Å². The zero-order valence-electron chi connectivity index (χ0n) is 26.7. The summed E-state index contributed by atoms with van der Waals surface area (Å²) in [5.41, 5.74) is -21.1. The first-order chi connectivity index (χ1) is 26.3. The van der Waals surface area contributed by atoms with Crippen LogP contribution in [0.15, 0.2) is 47.5 Å². The highest BCUT2D eigenvalue weighted by Crippen LogP contribution is 2.61. The molecule has 0 N–H and O–H groups in total. The van der Waals surface area contributed by atoms with Crippen molar-refractivity contribution in [3.05, 3.63) is 109 Å². The lowest BCUT2D eigenvalue weighted by atomic mass is 9.87. The summed E-state index contributed by atoms with van der Waals surface area (Å²) in [7, 11) is 0. The second-order valence-electron chi connectivity index (χ2n) is 11.1. The van der Waals surface area contributed by atoms with Crippen LogP contribution in [0.2, 0.25) is 0 Å². The van der Waals surface area contributed by atoms with Crippen LogP contribution >= 0.6 is 0 Å². The number of ether oxygens (including phenoxy) is 1. The number of hydrogen-bond donors (Lipinski definition) is 0. The normalized spacial score (nSPS) is 13.2. The molecule has 0 spiro atoms. The Balaban J connectivity index is 2.11. The van der Waals surface area contributed by atoms with E-state index >= 15 is 4.39 Å². The van der Waals surface area contributed by atoms with Crippen LogP contribution in [0.3, 0.4) is 0 Å². The molecule has 5 rings (SSSR count). The first-order valence-corrected chi connectivity index (χ1v) is 14.6. The molecule has 0 aromatic heterocycles. The lowest BCUT2D eigenvalue weighted by Crippen LogP contribution is -2.20. The SMILES string of the molecule is N#CC(C#N)=C1C(c2ccc(C#N)c(C(F)(F)F)c2)=C(C#N)c2c(F)c3c(c(OC(F)(F)F)c21)C(=C(C#N)C#N)C(c1ccc(C#N)c(C(F)(F)F)c1)=C3C#N. The number of alkyl halides is 9. The van der Waals surface area contributed by atoms with Crippen molar-refractivity contribution in [1.82, 2.24) is 0 Å². The van der Waals surface area contributed by atoms with Gasteiger partial charge in [0.05, 0.1) is 45.5 Å². The Kier molecular flexibility index (Phi) is 9.41. The van der Waals surface area contributed by atoms with Crippen molar-refractivity contribution < 1.29 is 48.6 Å². The fraction of sp³-hybridized carbons (Fsp3) is 0.0811. The molecule has 0 unspecified atom stereocenters. The van der Waals surface area contributed by atoms with Crippen LogP contribution in [-0.2, 0) is 12.4 Å². The summed E-state index contributed by atoms with van der Waals surface area (Å²) in [5.74, 6) is -3.60. The number of nitriles is 8. The maximum absolute atomic E-state index is 17.3. The predicted molar refractivity (Wildman–Crippen MR) is 167 cm³/mol. The van der Waals surface area contributed by atoms with Crippen molar-refractivity contribution >= 4 is 33.4 Å². The highest BCUT2D eigenvalue weighted by molar-refractivity contribution is 6.31. The molecule has 0 fully saturated rings. The van der Waals surface area contributed by atoms with Crippen LogP contribution in [0.4, 0.5) is 43.9 Å². The molecule has 0 amide bonds. The molecular weight excluding hydrogens is 762 g/mol. The summed E-state index contributed by atoms with van der Waals surface area (Å²) in [6.07, 6.45) is -16.5. The van der Waals surface area contributed by atoms with Gasteiger partial charge in [-0.15, -0.1) is 13.2 Å². The molecule has 270 valence electrons. The van der Waals surface area contributed by atoms with Crippen molar-refractivity contribution in [3.8, 4) is 54.3 Å². The van der Waals surface area contributed by atoms with E-state index in [9.17, 15) is 81.6 Å². The van der Waals surface area contributed by atoms with Gasteiger partial charge in [-0.1, -0.05) is 12.1 Å². The minimum Gasteiger partial charge on any atom is -0.404 e. The molecule has 2 aliphatic carbocycles. The van der Waals surface area contributed by atoms with Crippen molar-refractivity contribution in [2.75, 3.05) is 0 Å². The second-order valence-corrected chi connectivity index (χ2v) is 11.1. The van der Waals surface area contributed by atoms with E-state index in [0.717, 1.165) is 12.1 Å². The van der Waals surface area contributed by atoms with Gasteiger partial charge in [-0.2, -0.15) is 68.4 Å². The van der Waals surface area contributed by atoms with E-state index in [2.05, 4.69) is 4.74 Å². The van der Waals surface area contributed by atoms with Crippen LogP contribution in [0.1, 0.15) is 55.6 Å². The summed E-state index contributed by atoms with van der Waals surface area (Å²) >= 11 is 0. The van der Waals surface area contributed by atoms with Gasteiger partial charge in [0.25, 0.3) is 0 Å². The summed E-state index contributed by atoms with van der Waals surface area (Å²) in [6.45, 7) is 0. The largest absolute Gasteiger partial charge is 0.573 e. The maximum Gasteiger partial charge on any atom is 0.573 e. The van der Waals surface area contributed by atoms with Crippen LogP contribution < -0.4 is 4.74 Å². The van der Waals surface area contributed by atoms with Gasteiger partial charge in [0.2, 0.25) is 0 Å². The van der Waals surface area contributed by atoms with E-state index in [0.29, 0.717) is 12.1 Å². The fourth-order valence-electron chi connectivity index (χ4n) is 6.25. The third kappa shape index (κ3) is 6.05. The Labute approximate surface area is 306 Å². The summed E-state index contributed by atoms with van der Waals surface area (Å²) in [4.78, 5) is 0. The molecule has 0 bridgehead atoms. The number of nitrogens with zero attached hydrogens (tertiary/aromatic N) is 8. The van der Waals surface area contributed by atoms with Crippen LogP contribution in [-0.4, -0.2) is 6.36 Å². The Morgan fingerprint density at radius 2 is 0.857 bits per heavy atom. The molecule has 9 nitrogen and oxygen atoms in total. The van der Waals surface area contributed by atoms with E-state index in [1.165, 1.54) is 48.6 Å². The lowest BCUT2D eigenvalue weighted by molar-refractivity contribution is -0.274. The van der Waals surface area contributed by atoms with Gasteiger partial charge in [0, 0.05) is 44.5 Å². The van der Waals surface area contributed by atoms with E-state index in [1.807, 2.05) is 0 Å². The van der Waals surface area contributed by atoms with Crippen molar-refractivity contribution in [2.45, 2.75) is 18.7 Å². The van der Waals surface area contributed by atoms with Gasteiger partial charge < -0.3 is 4.74 Å². The quantitative estimate of drug-likeness (QED) is 0.184. The van der Waals surface area contributed by atoms with E-state index in [4.69, 9.17) is 0 Å². The molecule has 0 heterocycles. The first-order valence-electron chi connectivity index (χ1n) is 14.6. The van der Waals surface area contributed by atoms with Crippen LogP contribution in [0, 0.1) is 96.5 Å². The third-order valence-corrected chi connectivity index (χ3v) is 8.25. The zero-order chi connectivity index (χ0) is 41.7. The number of hydrogen-bond acceptors (Lipinski definition) is 9. The minimum absolute atomic E-state index is 0.232. The summed E-state index contributed by atoms with van der Waals surface area (Å²) in [6, 6.07) is 13.6. The molecule has 0 saturated carbocycles. The molecular formula is C37H6F10N8O. The Hall–Kier alpha value is -8.36. The van der Waals surface area contributed by atoms with Crippen LogP contribution in [0.25, 0.3) is 33.4 Å². The molecule has 0 radical (unpaired) electrons. The average Bonchev–Trinajstić information content (AvgIpc) is 3.67. The number of allylic oxidation sites excluding steroid dienone is 8. The van der Waals surface area contributed by atoms with Crippen LogP contribution in [0.5, 0.6) is 5.75 Å². The fourth-order valence-corrected chi connectivity index (χ4v) is 6.25. The molecule has 0 atom stereocenters. The molecule has 3 aromatic rings. The van der Waals surface area contributed by atoms with Gasteiger partial charge in [0.1, 0.15) is 59.1 Å². The van der Waals surface area contributed by atoms with E-state index < -0.39 is 131 Å². The molecule has 56 heavy (non-hydrogen) atoms. The van der Waals surface area contributed by atoms with Crippen molar-refractivity contribution in [1.29, 1.82) is 42.1 Å². The molecule has 19 heteroatoms. The molecule has 3 aromatic carbocycles. The average molecular weight is 768 g/mol. The number of rotatable bonds is 3. The Morgan fingerprint density at radius 1 is 0.500 bits per heavy atom. The number of halogens is 10. The lowest BCUT2D eigenvalue weighted by Gasteiger charge is -2.21. The molecule has 0 aliphatic heterocycles. The topological polar surface area (TPSA) is 200 Å². The van der Waals surface area contributed by atoms with Gasteiger partial charge in [-0.25, -0.2) is 4.39 Å². The molecule has 2 aliphatic rings. The predicted octanol–water partition coefficient (Wildman–Crippen LogP) is 9.00. The van der Waals surface area contributed by atoms with Crippen molar-refractivity contribution in [3.63, 3.8) is 0 Å². The van der Waals surface area contributed by atoms with E-state index in [1.54, 1.807) is 0 Å². The highest BCUT2D eigenvalue weighted by atomic mass is 19.4. The number of benzene rings is 3. The third-order valence-electron chi connectivity index (χ3n) is 8.25. The van der Waals surface area contributed by atoms with Gasteiger partial charge in [-0.05, 0) is 35.4 Å². The van der Waals surface area contributed by atoms with Gasteiger partial charge in [-0.3, -0.25) is 0 Å². The minimum atomic E-state index is -5.88. The summed E-state index contributed by atoms with van der Waals surface area (Å²) < 4.78 is 149. The van der Waals surface area contributed by atoms with Crippen molar-refractivity contribution in [2.24, 2.45) is 0 Å².